The second-order valence-electron chi connectivity index (χ2n) is 4.46. The molecule has 0 radical (unpaired) electrons. The maximum atomic E-state index is 11.8. The highest BCUT2D eigenvalue weighted by molar-refractivity contribution is 5.94. The highest BCUT2D eigenvalue weighted by Gasteiger charge is 2.08. The smallest absolute Gasteiger partial charge is 0.252 e. The minimum atomic E-state index is -0.266. The summed E-state index contributed by atoms with van der Waals surface area (Å²) in [5.41, 5.74) is 2.80. The Bertz CT molecular complexity index is 447. The summed E-state index contributed by atoms with van der Waals surface area (Å²) in [5, 5.41) is 5.50. The van der Waals surface area contributed by atoms with Crippen molar-refractivity contribution in [2.24, 2.45) is 5.84 Å². The van der Waals surface area contributed by atoms with Gasteiger partial charge in [0.05, 0.1) is 5.56 Å². The second-order valence-corrected chi connectivity index (χ2v) is 4.46. The number of pyridine rings is 1. The molecule has 110 valence electrons. The van der Waals surface area contributed by atoms with E-state index in [0.29, 0.717) is 11.4 Å². The van der Waals surface area contributed by atoms with Gasteiger partial charge in [0.25, 0.3) is 5.91 Å². The molecule has 7 heteroatoms. The van der Waals surface area contributed by atoms with Gasteiger partial charge in [-0.05, 0) is 25.5 Å². The number of hydrogen-bond acceptors (Lipinski definition) is 5. The number of hydrogen-bond donors (Lipinski definition) is 4. The topological polar surface area (TPSA) is 109 Å². The largest absolute Gasteiger partial charge is 0.354 e. The van der Waals surface area contributed by atoms with Crippen LogP contribution in [0.3, 0.4) is 0 Å². The van der Waals surface area contributed by atoms with Crippen molar-refractivity contribution in [3.63, 3.8) is 0 Å². The molecule has 0 aromatic carbocycles. The van der Waals surface area contributed by atoms with E-state index in [1.807, 2.05) is 13.8 Å². The minimum Gasteiger partial charge on any atom is -0.354 e. The van der Waals surface area contributed by atoms with Gasteiger partial charge in [-0.1, -0.05) is 6.92 Å². The summed E-state index contributed by atoms with van der Waals surface area (Å²) in [6.07, 6.45) is 2.56. The molecule has 1 heterocycles. The summed E-state index contributed by atoms with van der Waals surface area (Å²) in [5.74, 6) is 5.33. The van der Waals surface area contributed by atoms with Crippen LogP contribution >= 0.6 is 0 Å². The zero-order chi connectivity index (χ0) is 15.0. The van der Waals surface area contributed by atoms with Gasteiger partial charge in [0.2, 0.25) is 5.91 Å². The summed E-state index contributed by atoms with van der Waals surface area (Å²) in [7, 11) is 0. The molecule has 7 nitrogen and oxygen atoms in total. The number of anilines is 1. The molecule has 0 aliphatic heterocycles. The predicted octanol–water partition coefficient (Wildman–Crippen LogP) is 0.402. The van der Waals surface area contributed by atoms with Crippen LogP contribution in [0.5, 0.6) is 0 Å². The third-order valence-electron chi connectivity index (χ3n) is 2.83. The molecule has 5 N–H and O–H groups in total. The van der Waals surface area contributed by atoms with E-state index < -0.39 is 0 Å². The van der Waals surface area contributed by atoms with Crippen molar-refractivity contribution in [2.45, 2.75) is 32.7 Å². The third kappa shape index (κ3) is 5.23. The Kier molecular flexibility index (Phi) is 6.45. The van der Waals surface area contributed by atoms with E-state index >= 15 is 0 Å². The number of nitrogens with zero attached hydrogens (tertiary/aromatic N) is 1. The number of aromatic nitrogens is 1. The summed E-state index contributed by atoms with van der Waals surface area (Å²) in [4.78, 5) is 27.2. The number of carbonyl (C=O) groups is 2. The zero-order valence-electron chi connectivity index (χ0n) is 11.8. The maximum Gasteiger partial charge on any atom is 0.252 e. The van der Waals surface area contributed by atoms with E-state index in [4.69, 9.17) is 5.84 Å². The molecule has 0 fully saturated rings. The zero-order valence-corrected chi connectivity index (χ0v) is 11.8. The highest BCUT2D eigenvalue weighted by atomic mass is 16.2. The third-order valence-corrected chi connectivity index (χ3v) is 2.83. The molecular weight excluding hydrogens is 258 g/mol. The molecular formula is C13H21N5O2. The number of hydrazine groups is 1. The quantitative estimate of drug-likeness (QED) is 0.427. The molecule has 1 aromatic rings. The van der Waals surface area contributed by atoms with Crippen LogP contribution < -0.4 is 21.9 Å². The number of amides is 2. The van der Waals surface area contributed by atoms with Gasteiger partial charge in [0.1, 0.15) is 5.82 Å². The molecule has 1 rings (SSSR count). The lowest BCUT2D eigenvalue weighted by Gasteiger charge is -2.11. The molecule has 0 bridgehead atoms. The van der Waals surface area contributed by atoms with Crippen LogP contribution in [-0.4, -0.2) is 29.4 Å². The van der Waals surface area contributed by atoms with Gasteiger partial charge in [-0.25, -0.2) is 10.8 Å². The van der Waals surface area contributed by atoms with Gasteiger partial charge in [-0.2, -0.15) is 0 Å². The Hall–Kier alpha value is -2.15. The SMILES string of the molecule is CCC(C)NC(=O)CCNC(=O)c1ccc(NN)nc1. The van der Waals surface area contributed by atoms with Gasteiger partial charge >= 0.3 is 0 Å². The maximum absolute atomic E-state index is 11.8. The molecule has 2 amide bonds. The van der Waals surface area contributed by atoms with Crippen molar-refractivity contribution in [3.05, 3.63) is 23.9 Å². The van der Waals surface area contributed by atoms with Crippen molar-refractivity contribution in [2.75, 3.05) is 12.0 Å². The van der Waals surface area contributed by atoms with Crippen LogP contribution in [0.4, 0.5) is 5.82 Å². The lowest BCUT2D eigenvalue weighted by atomic mass is 10.2. The summed E-state index contributed by atoms with van der Waals surface area (Å²) >= 11 is 0. The van der Waals surface area contributed by atoms with Crippen LogP contribution in [0, 0.1) is 0 Å². The van der Waals surface area contributed by atoms with E-state index in [0.717, 1.165) is 6.42 Å². The molecule has 0 spiro atoms. The van der Waals surface area contributed by atoms with Gasteiger partial charge in [-0.15, -0.1) is 0 Å². The van der Waals surface area contributed by atoms with Gasteiger partial charge in [-0.3, -0.25) is 9.59 Å². The van der Waals surface area contributed by atoms with Gasteiger partial charge < -0.3 is 16.1 Å². The number of rotatable bonds is 7. The van der Waals surface area contributed by atoms with E-state index in [2.05, 4.69) is 21.0 Å². The molecule has 0 saturated carbocycles. The highest BCUT2D eigenvalue weighted by Crippen LogP contribution is 2.03. The number of nitrogen functional groups attached to an aromatic ring is 1. The van der Waals surface area contributed by atoms with Crippen molar-refractivity contribution in [1.29, 1.82) is 0 Å². The number of nitrogens with two attached hydrogens (primary N) is 1. The Labute approximate surface area is 118 Å². The second kappa shape index (κ2) is 8.11. The Balaban J connectivity index is 2.34. The van der Waals surface area contributed by atoms with Crippen LogP contribution in [0.2, 0.25) is 0 Å². The van der Waals surface area contributed by atoms with Crippen LogP contribution in [-0.2, 0) is 4.79 Å². The van der Waals surface area contributed by atoms with Crippen molar-refractivity contribution in [1.82, 2.24) is 15.6 Å². The van der Waals surface area contributed by atoms with Crippen LogP contribution in [0.15, 0.2) is 18.3 Å². The monoisotopic (exact) mass is 279 g/mol. The fraction of sp³-hybridized carbons (Fsp3) is 0.462. The normalized spacial score (nSPS) is 11.6. The fourth-order valence-electron chi connectivity index (χ4n) is 1.45. The minimum absolute atomic E-state index is 0.0690. The first kappa shape index (κ1) is 15.9. The van der Waals surface area contributed by atoms with Crippen LogP contribution in [0.1, 0.15) is 37.0 Å². The Morgan fingerprint density at radius 1 is 1.40 bits per heavy atom. The van der Waals surface area contributed by atoms with E-state index in [1.54, 1.807) is 12.1 Å². The molecule has 0 saturated heterocycles. The average molecular weight is 279 g/mol. The Morgan fingerprint density at radius 2 is 2.15 bits per heavy atom. The Morgan fingerprint density at radius 3 is 2.70 bits per heavy atom. The van der Waals surface area contributed by atoms with Crippen molar-refractivity contribution in [3.8, 4) is 0 Å². The molecule has 0 aliphatic rings. The first-order chi connectivity index (χ1) is 9.56. The molecule has 1 unspecified atom stereocenters. The van der Waals surface area contributed by atoms with Crippen LogP contribution in [0.25, 0.3) is 0 Å². The lowest BCUT2D eigenvalue weighted by Crippen LogP contribution is -2.35. The summed E-state index contributed by atoms with van der Waals surface area (Å²) < 4.78 is 0. The summed E-state index contributed by atoms with van der Waals surface area (Å²) in [6.45, 7) is 4.23. The average Bonchev–Trinajstić information content (AvgIpc) is 2.47. The number of nitrogens with one attached hydrogen (secondary N) is 3. The van der Waals surface area contributed by atoms with E-state index in [-0.39, 0.29) is 30.8 Å². The lowest BCUT2D eigenvalue weighted by molar-refractivity contribution is -0.121. The van der Waals surface area contributed by atoms with Crippen molar-refractivity contribution >= 4 is 17.6 Å². The van der Waals surface area contributed by atoms with E-state index in [1.165, 1.54) is 6.20 Å². The number of carbonyl (C=O) groups excluding carboxylic acids is 2. The molecule has 1 aromatic heterocycles. The first-order valence-corrected chi connectivity index (χ1v) is 6.57. The standard InChI is InChI=1S/C13H21N5O2/c1-3-9(2)17-12(19)6-7-15-13(20)10-4-5-11(18-14)16-8-10/h4-5,8-9H,3,6-7,14H2,1-2H3,(H,15,20)(H,16,18)(H,17,19). The van der Waals surface area contributed by atoms with Gasteiger partial charge in [0.15, 0.2) is 0 Å². The molecule has 0 aliphatic carbocycles. The molecule has 20 heavy (non-hydrogen) atoms. The van der Waals surface area contributed by atoms with E-state index in [9.17, 15) is 9.59 Å². The fourth-order valence-corrected chi connectivity index (χ4v) is 1.45. The first-order valence-electron chi connectivity index (χ1n) is 6.57. The summed E-state index contributed by atoms with van der Waals surface area (Å²) in [6, 6.07) is 3.36. The van der Waals surface area contributed by atoms with Gasteiger partial charge in [0, 0.05) is 25.2 Å². The van der Waals surface area contributed by atoms with Crippen molar-refractivity contribution < 1.29 is 9.59 Å². The predicted molar refractivity (Wildman–Crippen MR) is 76.9 cm³/mol. The molecule has 1 atom stereocenters.